The predicted octanol–water partition coefficient (Wildman–Crippen LogP) is 3.49. The number of nitriles is 1. The number of ether oxygens (including phenoxy) is 2. The van der Waals surface area contributed by atoms with E-state index in [2.05, 4.69) is 40.1 Å². The Bertz CT molecular complexity index is 1060. The zero-order valence-electron chi connectivity index (χ0n) is 18.9. The van der Waals surface area contributed by atoms with E-state index in [1.165, 1.54) is 5.69 Å². The van der Waals surface area contributed by atoms with Crippen LogP contribution in [-0.4, -0.2) is 55.1 Å². The van der Waals surface area contributed by atoms with Crippen molar-refractivity contribution in [2.24, 2.45) is 0 Å². The third-order valence-electron chi connectivity index (χ3n) is 5.96. The second-order valence-electron chi connectivity index (χ2n) is 8.35. The molecule has 3 aromatic rings. The molecule has 2 aromatic carbocycles. The number of aromatic nitrogens is 2. The Labute approximate surface area is 189 Å². The van der Waals surface area contributed by atoms with E-state index in [0.29, 0.717) is 18.2 Å². The van der Waals surface area contributed by atoms with Crippen molar-refractivity contribution in [2.45, 2.75) is 32.0 Å². The molecule has 32 heavy (non-hydrogen) atoms. The van der Waals surface area contributed by atoms with E-state index >= 15 is 0 Å². The molecular formula is C25H31N5O2. The van der Waals surface area contributed by atoms with Gasteiger partial charge in [-0.2, -0.15) is 10.4 Å². The quantitative estimate of drug-likeness (QED) is 0.557. The first-order valence-electron chi connectivity index (χ1n) is 11.2. The maximum Gasteiger partial charge on any atom is 0.120 e. The van der Waals surface area contributed by atoms with Crippen LogP contribution in [-0.2, 0) is 17.9 Å². The number of nitrogens with zero attached hydrogens (tertiary/aromatic N) is 4. The summed E-state index contributed by atoms with van der Waals surface area (Å²) in [6.07, 6.45) is 1.98. The summed E-state index contributed by atoms with van der Waals surface area (Å²) in [5.41, 5.74) is 3.92. The summed E-state index contributed by atoms with van der Waals surface area (Å²) >= 11 is 0. The molecular weight excluding hydrogens is 402 g/mol. The maximum absolute atomic E-state index is 8.97. The Morgan fingerprint density at radius 2 is 2.00 bits per heavy atom. The summed E-state index contributed by atoms with van der Waals surface area (Å²) in [6.45, 7) is 4.77. The summed E-state index contributed by atoms with van der Waals surface area (Å²) in [6, 6.07) is 16.2. The molecule has 2 heterocycles. The Morgan fingerprint density at radius 1 is 1.22 bits per heavy atom. The van der Waals surface area contributed by atoms with E-state index in [-0.39, 0.29) is 0 Å². The Kier molecular flexibility index (Phi) is 7.38. The first-order valence-corrected chi connectivity index (χ1v) is 11.2. The molecule has 0 unspecified atom stereocenters. The molecule has 0 atom stereocenters. The van der Waals surface area contributed by atoms with Crippen LogP contribution in [0.5, 0.6) is 5.75 Å². The first kappa shape index (κ1) is 22.3. The van der Waals surface area contributed by atoms with Gasteiger partial charge in [-0.3, -0.25) is 9.58 Å². The minimum atomic E-state index is 0.367. The second kappa shape index (κ2) is 10.6. The summed E-state index contributed by atoms with van der Waals surface area (Å²) in [4.78, 5) is 2.33. The molecule has 168 valence electrons. The van der Waals surface area contributed by atoms with Gasteiger partial charge in [0.25, 0.3) is 0 Å². The smallest absolute Gasteiger partial charge is 0.120 e. The van der Waals surface area contributed by atoms with Crippen LogP contribution in [0.25, 0.3) is 10.9 Å². The molecule has 1 N–H and O–H groups in total. The van der Waals surface area contributed by atoms with Crippen LogP contribution in [0.3, 0.4) is 0 Å². The van der Waals surface area contributed by atoms with Crippen LogP contribution in [0, 0.1) is 11.3 Å². The Balaban J connectivity index is 1.59. The van der Waals surface area contributed by atoms with Crippen molar-refractivity contribution in [1.82, 2.24) is 20.0 Å². The lowest BCUT2D eigenvalue weighted by atomic mass is 10.1. The highest BCUT2D eigenvalue weighted by atomic mass is 16.5. The van der Waals surface area contributed by atoms with Gasteiger partial charge in [-0.15, -0.1) is 0 Å². The van der Waals surface area contributed by atoms with E-state index in [1.807, 2.05) is 37.4 Å². The van der Waals surface area contributed by atoms with Crippen molar-refractivity contribution in [3.63, 3.8) is 0 Å². The highest BCUT2D eigenvalue weighted by Crippen LogP contribution is 2.30. The van der Waals surface area contributed by atoms with E-state index in [9.17, 15) is 0 Å². The van der Waals surface area contributed by atoms with Gasteiger partial charge < -0.3 is 14.8 Å². The van der Waals surface area contributed by atoms with Crippen molar-refractivity contribution in [3.05, 3.63) is 59.3 Å². The molecule has 0 spiro atoms. The van der Waals surface area contributed by atoms with E-state index in [0.717, 1.165) is 67.9 Å². The first-order chi connectivity index (χ1) is 15.7. The molecule has 4 rings (SSSR count). The van der Waals surface area contributed by atoms with Crippen molar-refractivity contribution >= 4 is 10.9 Å². The van der Waals surface area contributed by atoms with Crippen molar-refractivity contribution in [1.29, 1.82) is 5.26 Å². The van der Waals surface area contributed by atoms with Crippen LogP contribution in [0.2, 0.25) is 0 Å². The average molecular weight is 434 g/mol. The van der Waals surface area contributed by atoms with Gasteiger partial charge in [0, 0.05) is 38.2 Å². The molecule has 7 heteroatoms. The zero-order valence-corrected chi connectivity index (χ0v) is 18.9. The van der Waals surface area contributed by atoms with Crippen LogP contribution in [0.4, 0.5) is 0 Å². The molecule has 0 amide bonds. The Hall–Kier alpha value is -2.92. The van der Waals surface area contributed by atoms with Crippen LogP contribution in [0.1, 0.15) is 35.7 Å². The van der Waals surface area contributed by atoms with E-state index < -0.39 is 0 Å². The number of fused-ring (bicyclic) bond motifs is 1. The minimum absolute atomic E-state index is 0.367. The number of nitrogens with one attached hydrogen (secondary N) is 1. The van der Waals surface area contributed by atoms with Crippen molar-refractivity contribution < 1.29 is 9.47 Å². The monoisotopic (exact) mass is 433 g/mol. The maximum atomic E-state index is 8.97. The molecule has 0 bridgehead atoms. The lowest BCUT2D eigenvalue weighted by Gasteiger charge is -2.26. The summed E-state index contributed by atoms with van der Waals surface area (Å²) < 4.78 is 13.9. The molecule has 1 aromatic heterocycles. The summed E-state index contributed by atoms with van der Waals surface area (Å²) in [5, 5.41) is 18.3. The number of hydrogen-bond acceptors (Lipinski definition) is 6. The highest BCUT2D eigenvalue weighted by Gasteiger charge is 2.22. The molecule has 1 aliphatic rings. The highest BCUT2D eigenvalue weighted by molar-refractivity contribution is 5.83. The third-order valence-corrected chi connectivity index (χ3v) is 5.96. The van der Waals surface area contributed by atoms with Gasteiger partial charge in [0.2, 0.25) is 0 Å². The van der Waals surface area contributed by atoms with Crippen LogP contribution < -0.4 is 10.1 Å². The SMILES string of the molecule is CNCCN(C)Cc1c2cc(OCc3ccc(C#N)cc3)ccc2nn1C1CCOCC1. The fourth-order valence-electron chi connectivity index (χ4n) is 4.09. The lowest BCUT2D eigenvalue weighted by Crippen LogP contribution is -2.29. The summed E-state index contributed by atoms with van der Waals surface area (Å²) in [5.74, 6) is 0.826. The summed E-state index contributed by atoms with van der Waals surface area (Å²) in [7, 11) is 4.13. The number of rotatable bonds is 9. The van der Waals surface area contributed by atoms with E-state index in [4.69, 9.17) is 19.8 Å². The Morgan fingerprint density at radius 3 is 2.72 bits per heavy atom. The van der Waals surface area contributed by atoms with Crippen molar-refractivity contribution in [3.8, 4) is 11.8 Å². The molecule has 0 aliphatic carbocycles. The van der Waals surface area contributed by atoms with Gasteiger partial charge in [-0.05, 0) is 62.8 Å². The number of benzene rings is 2. The largest absolute Gasteiger partial charge is 0.489 e. The average Bonchev–Trinajstić information content (AvgIpc) is 3.19. The minimum Gasteiger partial charge on any atom is -0.489 e. The van der Waals surface area contributed by atoms with Gasteiger partial charge in [-0.25, -0.2) is 0 Å². The standard InChI is InChI=1S/C25H31N5O2/c1-27-11-12-29(2)17-25-23-15-22(32-18-20-5-3-19(16-26)4-6-20)7-8-24(23)28-30(25)21-9-13-31-14-10-21/h3-8,15,21,27H,9-14,17-18H2,1-2H3. The van der Waals surface area contributed by atoms with E-state index in [1.54, 1.807) is 0 Å². The van der Waals surface area contributed by atoms with Gasteiger partial charge in [0.15, 0.2) is 0 Å². The molecule has 1 aliphatic heterocycles. The van der Waals surface area contributed by atoms with Crippen LogP contribution >= 0.6 is 0 Å². The fourth-order valence-corrected chi connectivity index (χ4v) is 4.09. The zero-order chi connectivity index (χ0) is 22.3. The van der Waals surface area contributed by atoms with Gasteiger partial charge in [0.05, 0.1) is 28.9 Å². The third kappa shape index (κ3) is 5.28. The van der Waals surface area contributed by atoms with Crippen molar-refractivity contribution in [2.75, 3.05) is 40.4 Å². The number of likely N-dealkylation sites (N-methyl/N-ethyl adjacent to an activating group) is 2. The normalized spacial score (nSPS) is 14.7. The predicted molar refractivity (Wildman–Crippen MR) is 125 cm³/mol. The van der Waals surface area contributed by atoms with Gasteiger partial charge in [0.1, 0.15) is 12.4 Å². The second-order valence-corrected chi connectivity index (χ2v) is 8.35. The van der Waals surface area contributed by atoms with Gasteiger partial charge in [-0.1, -0.05) is 12.1 Å². The number of hydrogen-bond donors (Lipinski definition) is 1. The molecule has 0 saturated carbocycles. The molecule has 0 radical (unpaired) electrons. The molecule has 1 saturated heterocycles. The topological polar surface area (TPSA) is 75.3 Å². The molecule has 1 fully saturated rings. The lowest BCUT2D eigenvalue weighted by molar-refractivity contribution is 0.0650. The fraction of sp³-hybridized carbons (Fsp3) is 0.440. The van der Waals surface area contributed by atoms with Gasteiger partial charge >= 0.3 is 0 Å². The van der Waals surface area contributed by atoms with Crippen LogP contribution in [0.15, 0.2) is 42.5 Å². The molecule has 7 nitrogen and oxygen atoms in total.